The van der Waals surface area contributed by atoms with Crippen molar-refractivity contribution in [3.63, 3.8) is 0 Å². The van der Waals surface area contributed by atoms with Gasteiger partial charge < -0.3 is 4.57 Å². The highest BCUT2D eigenvalue weighted by atomic mass is 15.0. The van der Waals surface area contributed by atoms with E-state index in [1.165, 1.54) is 5.56 Å². The third-order valence-electron chi connectivity index (χ3n) is 9.02. The minimum atomic E-state index is 0.0435. The average molecular weight is 628 g/mol. The van der Waals surface area contributed by atoms with Crippen LogP contribution in [-0.4, -0.2) is 4.57 Å². The molecule has 0 fully saturated rings. The molecule has 0 atom stereocenters. The van der Waals surface area contributed by atoms with E-state index in [9.17, 15) is 21.0 Å². The van der Waals surface area contributed by atoms with Crippen molar-refractivity contribution >= 4 is 21.8 Å². The Kier molecular flexibility index (Phi) is 7.54. The Balaban J connectivity index is 1.51. The molecule has 0 saturated heterocycles. The molecule has 7 rings (SSSR count). The third kappa shape index (κ3) is 5.58. The number of hydrogen-bond donors (Lipinski definition) is 0. The topological polar surface area (TPSA) is 100 Å². The summed E-state index contributed by atoms with van der Waals surface area (Å²) in [5.74, 6) is 0. The Labute approximate surface area is 285 Å². The zero-order chi connectivity index (χ0) is 34.3. The summed E-state index contributed by atoms with van der Waals surface area (Å²) in [6.45, 7) is 6.64. The van der Waals surface area contributed by atoms with E-state index in [-0.39, 0.29) is 5.41 Å². The van der Waals surface area contributed by atoms with Gasteiger partial charge in [-0.3, -0.25) is 0 Å². The summed E-state index contributed by atoms with van der Waals surface area (Å²) in [6, 6.07) is 48.8. The number of para-hydroxylation sites is 1. The zero-order valence-corrected chi connectivity index (χ0v) is 27.3. The van der Waals surface area contributed by atoms with Crippen LogP contribution in [0.4, 0.5) is 0 Å². The lowest BCUT2D eigenvalue weighted by molar-refractivity contribution is 0.590. The molecule has 0 radical (unpaired) electrons. The second-order valence-electron chi connectivity index (χ2n) is 13.2. The third-order valence-corrected chi connectivity index (χ3v) is 9.02. The fourth-order valence-corrected chi connectivity index (χ4v) is 6.55. The fourth-order valence-electron chi connectivity index (χ4n) is 6.55. The molecule has 5 nitrogen and oxygen atoms in total. The molecule has 0 N–H and O–H groups in total. The maximum atomic E-state index is 9.66. The monoisotopic (exact) mass is 627 g/mol. The Morgan fingerprint density at radius 2 is 0.878 bits per heavy atom. The number of aromatic nitrogens is 1. The van der Waals surface area contributed by atoms with Gasteiger partial charge in [0.25, 0.3) is 0 Å². The molecule has 230 valence electrons. The van der Waals surface area contributed by atoms with Crippen molar-refractivity contribution in [2.45, 2.75) is 26.2 Å². The first-order valence-electron chi connectivity index (χ1n) is 15.9. The van der Waals surface area contributed by atoms with Crippen LogP contribution in [0.1, 0.15) is 48.6 Å². The lowest BCUT2D eigenvalue weighted by atomic mass is 9.86. The Morgan fingerprint density at radius 1 is 0.449 bits per heavy atom. The van der Waals surface area contributed by atoms with Gasteiger partial charge in [-0.05, 0) is 106 Å². The van der Waals surface area contributed by atoms with Crippen molar-refractivity contribution in [2.24, 2.45) is 0 Å². The maximum Gasteiger partial charge on any atom is 0.0992 e. The van der Waals surface area contributed by atoms with Gasteiger partial charge in [0, 0.05) is 16.3 Å². The molecule has 7 aromatic rings. The van der Waals surface area contributed by atoms with Crippen LogP contribution in [0, 0.1) is 45.3 Å². The molecular weight excluding hydrogens is 599 g/mol. The summed E-state index contributed by atoms with van der Waals surface area (Å²) in [4.78, 5) is 0. The number of fused-ring (bicyclic) bond motifs is 3. The molecule has 5 heteroatoms. The van der Waals surface area contributed by atoms with Crippen LogP contribution in [0.5, 0.6) is 0 Å². The predicted molar refractivity (Wildman–Crippen MR) is 195 cm³/mol. The summed E-state index contributed by atoms with van der Waals surface area (Å²) >= 11 is 0. The van der Waals surface area contributed by atoms with Crippen molar-refractivity contribution < 1.29 is 0 Å². The first kappa shape index (κ1) is 30.7. The van der Waals surface area contributed by atoms with E-state index in [1.807, 2.05) is 12.1 Å². The standard InChI is InChI=1S/C44H29N5/c1-44(2,3)37-12-8-32(9-13-37)38-6-4-5-7-41(38)49-42-14-10-33(35-18-28(24-45)16-29(19-35)25-46)22-39(42)40-23-34(11-15-43(40)49)36-20-30(26-47)17-31(21-36)27-48/h4-23H,1-3H3. The van der Waals surface area contributed by atoms with Crippen molar-refractivity contribution in [1.29, 1.82) is 21.0 Å². The molecule has 0 amide bonds. The Morgan fingerprint density at radius 3 is 1.31 bits per heavy atom. The number of benzene rings is 6. The number of nitrogens with zero attached hydrogens (tertiary/aromatic N) is 5. The van der Waals surface area contributed by atoms with Crippen LogP contribution < -0.4 is 0 Å². The van der Waals surface area contributed by atoms with E-state index in [4.69, 9.17) is 0 Å². The number of hydrogen-bond acceptors (Lipinski definition) is 4. The molecule has 0 saturated carbocycles. The van der Waals surface area contributed by atoms with E-state index in [1.54, 1.807) is 36.4 Å². The molecule has 0 bridgehead atoms. The van der Waals surface area contributed by atoms with Crippen LogP contribution in [-0.2, 0) is 5.41 Å². The highest BCUT2D eigenvalue weighted by molar-refractivity contribution is 6.12. The summed E-state index contributed by atoms with van der Waals surface area (Å²) < 4.78 is 2.28. The molecule has 6 aromatic carbocycles. The van der Waals surface area contributed by atoms with Crippen LogP contribution in [0.15, 0.2) is 121 Å². The molecular formula is C44H29N5. The van der Waals surface area contributed by atoms with Crippen LogP contribution in [0.2, 0.25) is 0 Å². The summed E-state index contributed by atoms with van der Waals surface area (Å²) in [5.41, 5.74) is 11.6. The quantitative estimate of drug-likeness (QED) is 0.194. The van der Waals surface area contributed by atoms with Gasteiger partial charge >= 0.3 is 0 Å². The van der Waals surface area contributed by atoms with E-state index >= 15 is 0 Å². The SMILES string of the molecule is CC(C)(C)c1ccc(-c2ccccc2-n2c3ccc(-c4cc(C#N)cc(C#N)c4)cc3c3cc(-c4cc(C#N)cc(C#N)c4)ccc32)cc1. The van der Waals surface area contributed by atoms with Crippen molar-refractivity contribution in [3.8, 4) is 63.3 Å². The largest absolute Gasteiger partial charge is 0.309 e. The molecule has 49 heavy (non-hydrogen) atoms. The molecule has 0 aliphatic heterocycles. The highest BCUT2D eigenvalue weighted by Gasteiger charge is 2.19. The average Bonchev–Trinajstić information content (AvgIpc) is 3.46. The van der Waals surface area contributed by atoms with Crippen molar-refractivity contribution in [2.75, 3.05) is 0 Å². The summed E-state index contributed by atoms with van der Waals surface area (Å²) in [5, 5.41) is 40.6. The van der Waals surface area contributed by atoms with Gasteiger partial charge in [-0.25, -0.2) is 0 Å². The molecule has 0 aliphatic rings. The minimum absolute atomic E-state index is 0.0435. The molecule has 0 unspecified atom stereocenters. The highest BCUT2D eigenvalue weighted by Crippen LogP contribution is 2.40. The van der Waals surface area contributed by atoms with E-state index in [0.717, 1.165) is 60.9 Å². The second-order valence-corrected chi connectivity index (χ2v) is 13.2. The minimum Gasteiger partial charge on any atom is -0.309 e. The van der Waals surface area contributed by atoms with Gasteiger partial charge in [0.15, 0.2) is 0 Å². The number of nitriles is 4. The smallest absolute Gasteiger partial charge is 0.0992 e. The van der Waals surface area contributed by atoms with Crippen LogP contribution in [0.3, 0.4) is 0 Å². The van der Waals surface area contributed by atoms with Crippen LogP contribution >= 0.6 is 0 Å². The molecule has 1 heterocycles. The van der Waals surface area contributed by atoms with Gasteiger partial charge in [-0.2, -0.15) is 21.0 Å². The summed E-state index contributed by atoms with van der Waals surface area (Å²) in [7, 11) is 0. The Hall–Kier alpha value is -6.92. The first-order chi connectivity index (χ1) is 23.7. The van der Waals surface area contributed by atoms with E-state index < -0.39 is 0 Å². The predicted octanol–water partition coefficient (Wildman–Crippen LogP) is 10.6. The normalized spacial score (nSPS) is 11.1. The van der Waals surface area contributed by atoms with Gasteiger partial charge in [0.1, 0.15) is 0 Å². The first-order valence-corrected chi connectivity index (χ1v) is 15.9. The molecule has 0 spiro atoms. The maximum absolute atomic E-state index is 9.66. The van der Waals surface area contributed by atoms with Gasteiger partial charge in [0.05, 0.1) is 63.3 Å². The van der Waals surface area contributed by atoms with Gasteiger partial charge in [0.2, 0.25) is 0 Å². The second kappa shape index (κ2) is 12.0. The van der Waals surface area contributed by atoms with E-state index in [0.29, 0.717) is 22.3 Å². The van der Waals surface area contributed by atoms with Gasteiger partial charge in [-0.15, -0.1) is 0 Å². The fraction of sp³-hybridized carbons (Fsp3) is 0.0909. The Bertz CT molecular complexity index is 2430. The lowest BCUT2D eigenvalue weighted by Gasteiger charge is -2.20. The molecule has 0 aliphatic carbocycles. The van der Waals surface area contributed by atoms with E-state index in [2.05, 4.69) is 122 Å². The zero-order valence-electron chi connectivity index (χ0n) is 27.3. The number of rotatable bonds is 4. The van der Waals surface area contributed by atoms with Crippen LogP contribution in [0.25, 0.3) is 60.9 Å². The van der Waals surface area contributed by atoms with Crippen molar-refractivity contribution in [3.05, 3.63) is 149 Å². The van der Waals surface area contributed by atoms with Gasteiger partial charge in [-0.1, -0.05) is 75.4 Å². The van der Waals surface area contributed by atoms with Crippen molar-refractivity contribution in [1.82, 2.24) is 4.57 Å². The summed E-state index contributed by atoms with van der Waals surface area (Å²) in [6.07, 6.45) is 0. The lowest BCUT2D eigenvalue weighted by Crippen LogP contribution is -2.10. The molecule has 1 aromatic heterocycles.